The molecule has 4 N–H and O–H groups in total. The van der Waals surface area contributed by atoms with Crippen LogP contribution < -0.4 is 16.2 Å². The minimum Gasteiger partial charge on any atom is -0.463 e. The van der Waals surface area contributed by atoms with Gasteiger partial charge in [-0.25, -0.2) is 4.79 Å². The molecule has 0 radical (unpaired) electrons. The highest BCUT2D eigenvalue weighted by molar-refractivity contribution is 5.93. The summed E-state index contributed by atoms with van der Waals surface area (Å²) in [6.07, 6.45) is 0.00304. The van der Waals surface area contributed by atoms with Gasteiger partial charge < -0.3 is 20.9 Å². The molecule has 1 unspecified atom stereocenters. The van der Waals surface area contributed by atoms with Gasteiger partial charge >= 0.3 is 11.9 Å². The molecule has 1 atom stereocenters. The van der Waals surface area contributed by atoms with Gasteiger partial charge in [0.25, 0.3) is 0 Å². The first-order valence-corrected chi connectivity index (χ1v) is 6.26. The Morgan fingerprint density at radius 3 is 2.75 bits per heavy atom. The van der Waals surface area contributed by atoms with Crippen molar-refractivity contribution in [3.8, 4) is 5.75 Å². The molecule has 106 valence electrons. The molecule has 1 aromatic carbocycles. The molecule has 2 rings (SSSR count). The van der Waals surface area contributed by atoms with Crippen LogP contribution in [0.3, 0.4) is 0 Å². The first-order valence-electron chi connectivity index (χ1n) is 6.26. The second kappa shape index (κ2) is 5.64. The summed E-state index contributed by atoms with van der Waals surface area (Å²) in [6.45, 7) is 1.89. The maximum atomic E-state index is 12.0. The zero-order valence-electron chi connectivity index (χ0n) is 11.1. The zero-order valence-corrected chi connectivity index (χ0v) is 11.1. The molecule has 1 heterocycles. The highest BCUT2D eigenvalue weighted by Gasteiger charge is 2.34. The normalized spacial score (nSPS) is 16.9. The van der Waals surface area contributed by atoms with Crippen LogP contribution in [-0.2, 0) is 14.3 Å². The van der Waals surface area contributed by atoms with Gasteiger partial charge in [0, 0.05) is 11.5 Å². The third kappa shape index (κ3) is 2.59. The average Bonchev–Trinajstić information content (AvgIpc) is 2.38. The number of ether oxygens (including phenoxy) is 2. The molecular formula is C14H16N2O4. The Bertz CT molecular complexity index is 576. The maximum absolute atomic E-state index is 12.0. The van der Waals surface area contributed by atoms with Crippen LogP contribution in [0.4, 0.5) is 0 Å². The Morgan fingerprint density at radius 2 is 2.10 bits per heavy atom. The summed E-state index contributed by atoms with van der Waals surface area (Å²) in [6, 6.07) is 6.97. The number of carbonyl (C=O) groups is 2. The Kier molecular flexibility index (Phi) is 3.93. The predicted molar refractivity (Wildman–Crippen MR) is 71.5 cm³/mol. The number of esters is 2. The Hall–Kier alpha value is -2.50. The van der Waals surface area contributed by atoms with E-state index < -0.39 is 17.9 Å². The first kappa shape index (κ1) is 13.9. The minimum absolute atomic E-state index is 0.00304. The molecule has 1 aliphatic heterocycles. The van der Waals surface area contributed by atoms with Crippen molar-refractivity contribution >= 4 is 11.9 Å². The highest BCUT2D eigenvalue weighted by atomic mass is 16.5. The third-order valence-corrected chi connectivity index (χ3v) is 3.04. The molecule has 0 aromatic heterocycles. The topological polar surface area (TPSA) is 105 Å². The van der Waals surface area contributed by atoms with Crippen LogP contribution in [0.1, 0.15) is 24.8 Å². The molecule has 6 heteroatoms. The summed E-state index contributed by atoms with van der Waals surface area (Å²) in [5, 5.41) is 0. The molecule has 1 aliphatic rings. The number of hydrogen-bond donors (Lipinski definition) is 2. The molecule has 0 saturated carbocycles. The molecule has 20 heavy (non-hydrogen) atoms. The van der Waals surface area contributed by atoms with E-state index in [1.54, 1.807) is 31.2 Å². The van der Waals surface area contributed by atoms with Gasteiger partial charge in [-0.1, -0.05) is 18.2 Å². The van der Waals surface area contributed by atoms with Crippen LogP contribution in [-0.4, -0.2) is 18.5 Å². The highest BCUT2D eigenvalue weighted by Crippen LogP contribution is 2.39. The predicted octanol–water partition coefficient (Wildman–Crippen LogP) is 0.771. The molecule has 0 spiro atoms. The maximum Gasteiger partial charge on any atom is 0.338 e. The molecule has 0 fully saturated rings. The smallest absolute Gasteiger partial charge is 0.338 e. The number of para-hydroxylation sites is 1. The quantitative estimate of drug-likeness (QED) is 0.480. The van der Waals surface area contributed by atoms with E-state index in [4.69, 9.17) is 20.9 Å². The number of hydrogen-bond acceptors (Lipinski definition) is 6. The van der Waals surface area contributed by atoms with E-state index in [2.05, 4.69) is 0 Å². The Labute approximate surface area is 116 Å². The molecule has 0 amide bonds. The van der Waals surface area contributed by atoms with E-state index in [1.807, 2.05) is 0 Å². The summed E-state index contributed by atoms with van der Waals surface area (Å²) in [5.41, 5.74) is 12.0. The van der Waals surface area contributed by atoms with Gasteiger partial charge in [-0.05, 0) is 13.0 Å². The van der Waals surface area contributed by atoms with Gasteiger partial charge in [0.1, 0.15) is 11.6 Å². The van der Waals surface area contributed by atoms with Crippen molar-refractivity contribution in [3.63, 3.8) is 0 Å². The third-order valence-electron chi connectivity index (χ3n) is 3.04. The number of rotatable bonds is 3. The van der Waals surface area contributed by atoms with Crippen molar-refractivity contribution in [3.05, 3.63) is 41.2 Å². The van der Waals surface area contributed by atoms with Crippen LogP contribution in [0, 0.1) is 0 Å². The van der Waals surface area contributed by atoms with Gasteiger partial charge in [-0.3, -0.25) is 4.79 Å². The van der Waals surface area contributed by atoms with Crippen LogP contribution in [0.15, 0.2) is 35.7 Å². The Morgan fingerprint density at radius 1 is 1.40 bits per heavy atom. The molecular weight excluding hydrogens is 260 g/mol. The summed E-state index contributed by atoms with van der Waals surface area (Å²) >= 11 is 0. The molecule has 0 saturated heterocycles. The fourth-order valence-corrected chi connectivity index (χ4v) is 2.23. The molecule has 0 bridgehead atoms. The molecule has 1 aromatic rings. The van der Waals surface area contributed by atoms with Gasteiger partial charge in [-0.15, -0.1) is 0 Å². The fourth-order valence-electron chi connectivity index (χ4n) is 2.23. The summed E-state index contributed by atoms with van der Waals surface area (Å²) in [7, 11) is 0. The second-order valence-corrected chi connectivity index (χ2v) is 4.36. The van der Waals surface area contributed by atoms with Gasteiger partial charge in [0.2, 0.25) is 0 Å². The lowest BCUT2D eigenvalue weighted by atomic mass is 9.86. The van der Waals surface area contributed by atoms with Gasteiger partial charge in [0.05, 0.1) is 18.6 Å². The van der Waals surface area contributed by atoms with E-state index in [1.165, 1.54) is 0 Å². The van der Waals surface area contributed by atoms with Crippen molar-refractivity contribution in [2.75, 3.05) is 6.61 Å². The summed E-state index contributed by atoms with van der Waals surface area (Å²) in [4.78, 5) is 23.7. The number of benzene rings is 1. The largest absolute Gasteiger partial charge is 0.463 e. The van der Waals surface area contributed by atoms with E-state index >= 15 is 0 Å². The second-order valence-electron chi connectivity index (χ2n) is 4.36. The number of nitrogens with two attached hydrogens (primary N) is 2. The lowest BCUT2D eigenvalue weighted by Gasteiger charge is -2.26. The van der Waals surface area contributed by atoms with Crippen LogP contribution in [0.5, 0.6) is 5.75 Å². The van der Waals surface area contributed by atoms with Crippen molar-refractivity contribution in [1.29, 1.82) is 0 Å². The first-order chi connectivity index (χ1) is 9.54. The van der Waals surface area contributed by atoms with Crippen LogP contribution in [0.25, 0.3) is 0 Å². The molecule has 6 nitrogen and oxygen atoms in total. The number of fused-ring (bicyclic) bond motifs is 1. The van der Waals surface area contributed by atoms with E-state index in [9.17, 15) is 9.59 Å². The van der Waals surface area contributed by atoms with Crippen molar-refractivity contribution in [2.24, 2.45) is 11.5 Å². The van der Waals surface area contributed by atoms with Crippen molar-refractivity contribution < 1.29 is 19.1 Å². The monoisotopic (exact) mass is 276 g/mol. The zero-order chi connectivity index (χ0) is 14.7. The van der Waals surface area contributed by atoms with Crippen LogP contribution >= 0.6 is 0 Å². The standard InChI is InChI=1S/C14H16N2O4/c1-2-19-14(18)12(13(15)16)9-7-11(17)20-10-6-4-3-5-8(9)10/h3-6,9H,2,7,15-16H2,1H3. The SMILES string of the molecule is CCOC(=O)C(=C(N)N)C1CC(=O)Oc2ccccc21. The van der Waals surface area contributed by atoms with Crippen LogP contribution in [0.2, 0.25) is 0 Å². The molecule has 0 aliphatic carbocycles. The lowest BCUT2D eigenvalue weighted by Crippen LogP contribution is -2.29. The Balaban J connectivity index is 2.48. The summed E-state index contributed by atoms with van der Waals surface area (Å²) in [5.74, 6) is -1.31. The van der Waals surface area contributed by atoms with Gasteiger partial charge in [0.15, 0.2) is 0 Å². The van der Waals surface area contributed by atoms with Gasteiger partial charge in [-0.2, -0.15) is 0 Å². The number of carbonyl (C=O) groups excluding carboxylic acids is 2. The minimum atomic E-state index is -0.609. The summed E-state index contributed by atoms with van der Waals surface area (Å²) < 4.78 is 10.1. The van der Waals surface area contributed by atoms with E-state index in [0.717, 1.165) is 0 Å². The average molecular weight is 276 g/mol. The van der Waals surface area contributed by atoms with E-state index in [0.29, 0.717) is 11.3 Å². The van der Waals surface area contributed by atoms with E-state index in [-0.39, 0.29) is 24.4 Å². The van der Waals surface area contributed by atoms with Crippen molar-refractivity contribution in [2.45, 2.75) is 19.3 Å². The lowest BCUT2D eigenvalue weighted by molar-refractivity contribution is -0.139. The van der Waals surface area contributed by atoms with Crippen molar-refractivity contribution in [1.82, 2.24) is 0 Å². The fraction of sp³-hybridized carbons (Fsp3) is 0.286.